The van der Waals surface area contributed by atoms with E-state index in [1.807, 2.05) is 0 Å². The molecule has 0 heterocycles. The van der Waals surface area contributed by atoms with Crippen LogP contribution in [0.25, 0.3) is 28.0 Å². The molecule has 2 aliphatic carbocycles. The van der Waals surface area contributed by atoms with Gasteiger partial charge in [-0.2, -0.15) is 0 Å². The van der Waals surface area contributed by atoms with Crippen LogP contribution in [-0.2, 0) is 12.8 Å². The molecule has 0 saturated carbocycles. The first kappa shape index (κ1) is 10.4. The highest BCUT2D eigenvalue weighted by atomic mass is 14.3. The van der Waals surface area contributed by atoms with Gasteiger partial charge in [-0.15, -0.1) is 0 Å². The molecule has 0 amide bonds. The second-order valence-electron chi connectivity index (χ2n) is 5.78. The van der Waals surface area contributed by atoms with Crippen molar-refractivity contribution in [1.82, 2.24) is 0 Å². The SMILES string of the molecule is C1=Cc2cccc3cc4c(c(c23)C1)-c1ccccc1C4. The molecular formula is C20H14. The summed E-state index contributed by atoms with van der Waals surface area (Å²) in [6.07, 6.45) is 6.72. The summed E-state index contributed by atoms with van der Waals surface area (Å²) < 4.78 is 0. The molecule has 0 N–H and O–H groups in total. The first-order valence-corrected chi connectivity index (χ1v) is 7.24. The van der Waals surface area contributed by atoms with Crippen molar-refractivity contribution in [3.8, 4) is 11.1 Å². The topological polar surface area (TPSA) is 0 Å². The Morgan fingerprint density at radius 2 is 1.80 bits per heavy atom. The summed E-state index contributed by atoms with van der Waals surface area (Å²) in [4.78, 5) is 0. The Morgan fingerprint density at radius 1 is 0.850 bits per heavy atom. The van der Waals surface area contributed by atoms with E-state index in [0.717, 1.165) is 12.8 Å². The molecule has 3 aromatic carbocycles. The van der Waals surface area contributed by atoms with E-state index in [0.29, 0.717) is 0 Å². The smallest absolute Gasteiger partial charge is 0.00131 e. The Morgan fingerprint density at radius 3 is 2.80 bits per heavy atom. The number of rotatable bonds is 0. The fourth-order valence-corrected chi connectivity index (χ4v) is 3.88. The van der Waals surface area contributed by atoms with Crippen molar-refractivity contribution in [2.75, 3.05) is 0 Å². The number of hydrogen-bond acceptors (Lipinski definition) is 0. The molecular weight excluding hydrogens is 240 g/mol. The molecule has 3 aromatic rings. The second-order valence-corrected chi connectivity index (χ2v) is 5.78. The molecule has 2 aliphatic rings. The Kier molecular flexibility index (Phi) is 1.88. The molecule has 0 aromatic heterocycles. The lowest BCUT2D eigenvalue weighted by Gasteiger charge is -2.17. The number of hydrogen-bond donors (Lipinski definition) is 0. The standard InChI is InChI=1S/C20H14/c1-2-9-17-14(5-1)11-16-12-15-8-3-6-13-7-4-10-18(19(13)15)20(16)17/h1-9,12H,10-11H2. The van der Waals surface area contributed by atoms with E-state index < -0.39 is 0 Å². The summed E-state index contributed by atoms with van der Waals surface area (Å²) in [5.41, 5.74) is 8.83. The summed E-state index contributed by atoms with van der Waals surface area (Å²) in [6, 6.07) is 17.9. The predicted octanol–water partition coefficient (Wildman–Crippen LogP) is 4.98. The van der Waals surface area contributed by atoms with E-state index >= 15 is 0 Å². The first-order chi connectivity index (χ1) is 9.92. The van der Waals surface area contributed by atoms with Crippen LogP contribution < -0.4 is 0 Å². The monoisotopic (exact) mass is 254 g/mol. The van der Waals surface area contributed by atoms with Crippen LogP contribution in [0.2, 0.25) is 0 Å². The van der Waals surface area contributed by atoms with Crippen LogP contribution in [0.5, 0.6) is 0 Å². The molecule has 20 heavy (non-hydrogen) atoms. The van der Waals surface area contributed by atoms with Crippen LogP contribution in [-0.4, -0.2) is 0 Å². The van der Waals surface area contributed by atoms with Gasteiger partial charge in [-0.3, -0.25) is 0 Å². The van der Waals surface area contributed by atoms with E-state index in [2.05, 4.69) is 60.7 Å². The molecule has 0 heteroatoms. The van der Waals surface area contributed by atoms with Gasteiger partial charge in [-0.1, -0.05) is 60.7 Å². The highest BCUT2D eigenvalue weighted by Gasteiger charge is 2.24. The van der Waals surface area contributed by atoms with Crippen molar-refractivity contribution < 1.29 is 0 Å². The van der Waals surface area contributed by atoms with Crippen LogP contribution >= 0.6 is 0 Å². The van der Waals surface area contributed by atoms with Gasteiger partial charge < -0.3 is 0 Å². The number of allylic oxidation sites excluding steroid dienone is 1. The average molecular weight is 254 g/mol. The minimum absolute atomic E-state index is 1.06. The molecule has 0 unspecified atom stereocenters. The molecule has 0 nitrogen and oxygen atoms in total. The van der Waals surface area contributed by atoms with Crippen molar-refractivity contribution in [2.24, 2.45) is 0 Å². The van der Waals surface area contributed by atoms with Gasteiger partial charge in [0.25, 0.3) is 0 Å². The minimum atomic E-state index is 1.06. The molecule has 0 aliphatic heterocycles. The maximum Gasteiger partial charge on any atom is -0.00131 e. The maximum absolute atomic E-state index is 2.40. The molecule has 0 radical (unpaired) electrons. The van der Waals surface area contributed by atoms with E-state index in [1.165, 1.54) is 44.2 Å². The van der Waals surface area contributed by atoms with Crippen molar-refractivity contribution in [3.05, 3.63) is 76.9 Å². The van der Waals surface area contributed by atoms with Gasteiger partial charge in [-0.25, -0.2) is 0 Å². The second kappa shape index (κ2) is 3.61. The van der Waals surface area contributed by atoms with E-state index in [9.17, 15) is 0 Å². The summed E-state index contributed by atoms with van der Waals surface area (Å²) in [5.74, 6) is 0. The first-order valence-electron chi connectivity index (χ1n) is 7.24. The lowest BCUT2D eigenvalue weighted by molar-refractivity contribution is 1.24. The molecule has 0 fully saturated rings. The molecule has 0 saturated heterocycles. The van der Waals surface area contributed by atoms with Crippen LogP contribution in [0.4, 0.5) is 0 Å². The lowest BCUT2D eigenvalue weighted by Crippen LogP contribution is -1.97. The highest BCUT2D eigenvalue weighted by molar-refractivity contribution is 6.01. The van der Waals surface area contributed by atoms with E-state index in [1.54, 1.807) is 0 Å². The third-order valence-corrected chi connectivity index (χ3v) is 4.67. The van der Waals surface area contributed by atoms with Crippen LogP contribution in [0.15, 0.2) is 54.6 Å². The fourth-order valence-electron chi connectivity index (χ4n) is 3.88. The third kappa shape index (κ3) is 1.21. The van der Waals surface area contributed by atoms with Crippen LogP contribution in [0.1, 0.15) is 22.3 Å². The number of benzene rings is 3. The Labute approximate surface area is 118 Å². The Bertz CT molecular complexity index is 897. The molecule has 0 spiro atoms. The zero-order valence-electron chi connectivity index (χ0n) is 11.2. The highest BCUT2D eigenvalue weighted by Crippen LogP contribution is 2.44. The predicted molar refractivity (Wildman–Crippen MR) is 84.9 cm³/mol. The van der Waals surface area contributed by atoms with Crippen molar-refractivity contribution in [2.45, 2.75) is 12.8 Å². The third-order valence-electron chi connectivity index (χ3n) is 4.67. The van der Waals surface area contributed by atoms with Crippen molar-refractivity contribution >= 4 is 16.8 Å². The van der Waals surface area contributed by atoms with E-state index in [-0.39, 0.29) is 0 Å². The Balaban J connectivity index is 1.98. The molecule has 0 bridgehead atoms. The zero-order valence-corrected chi connectivity index (χ0v) is 11.2. The summed E-state index contributed by atoms with van der Waals surface area (Å²) in [7, 11) is 0. The van der Waals surface area contributed by atoms with Gasteiger partial charge in [0.2, 0.25) is 0 Å². The van der Waals surface area contributed by atoms with Gasteiger partial charge in [0, 0.05) is 0 Å². The quantitative estimate of drug-likeness (QED) is 0.415. The maximum atomic E-state index is 2.40. The minimum Gasteiger partial charge on any atom is -0.0795 e. The lowest BCUT2D eigenvalue weighted by atomic mass is 9.86. The van der Waals surface area contributed by atoms with Gasteiger partial charge in [0.15, 0.2) is 0 Å². The Hall–Kier alpha value is -2.34. The van der Waals surface area contributed by atoms with Gasteiger partial charge in [-0.05, 0) is 57.0 Å². The van der Waals surface area contributed by atoms with Crippen molar-refractivity contribution in [1.29, 1.82) is 0 Å². The molecule has 5 rings (SSSR count). The molecule has 94 valence electrons. The van der Waals surface area contributed by atoms with Gasteiger partial charge in [0.1, 0.15) is 0 Å². The van der Waals surface area contributed by atoms with Gasteiger partial charge in [0.05, 0.1) is 0 Å². The summed E-state index contributed by atoms with van der Waals surface area (Å²) in [5, 5.41) is 2.86. The fraction of sp³-hybridized carbons (Fsp3) is 0.100. The zero-order chi connectivity index (χ0) is 13.1. The average Bonchev–Trinajstić information content (AvgIpc) is 2.86. The van der Waals surface area contributed by atoms with Crippen molar-refractivity contribution in [3.63, 3.8) is 0 Å². The van der Waals surface area contributed by atoms with Crippen LogP contribution in [0.3, 0.4) is 0 Å². The normalized spacial score (nSPS) is 14.4. The van der Waals surface area contributed by atoms with Crippen LogP contribution in [0, 0.1) is 0 Å². The largest absolute Gasteiger partial charge is 0.0795 e. The summed E-state index contributed by atoms with van der Waals surface area (Å²) in [6.45, 7) is 0. The van der Waals surface area contributed by atoms with E-state index in [4.69, 9.17) is 0 Å². The molecule has 0 atom stereocenters. The number of fused-ring (bicyclic) bond motifs is 4. The summed E-state index contributed by atoms with van der Waals surface area (Å²) >= 11 is 0. The van der Waals surface area contributed by atoms with Gasteiger partial charge >= 0.3 is 0 Å².